The summed E-state index contributed by atoms with van der Waals surface area (Å²) in [6.07, 6.45) is 3.97. The predicted molar refractivity (Wildman–Crippen MR) is 139 cm³/mol. The van der Waals surface area contributed by atoms with Gasteiger partial charge in [-0.2, -0.15) is 0 Å². The van der Waals surface area contributed by atoms with Gasteiger partial charge in [0.2, 0.25) is 15.9 Å². The number of amides is 1. The minimum atomic E-state index is -3.68. The molecule has 3 aromatic carbocycles. The number of hydrogen-bond donors (Lipinski definition) is 0. The zero-order valence-electron chi connectivity index (χ0n) is 20.2. The fourth-order valence-electron chi connectivity index (χ4n) is 4.66. The summed E-state index contributed by atoms with van der Waals surface area (Å²) in [7, 11) is -3.68. The molecule has 1 heterocycles. The van der Waals surface area contributed by atoms with E-state index < -0.39 is 16.1 Å². The van der Waals surface area contributed by atoms with Crippen molar-refractivity contribution in [3.8, 4) is 11.5 Å². The van der Waals surface area contributed by atoms with Gasteiger partial charge >= 0.3 is 0 Å². The van der Waals surface area contributed by atoms with Gasteiger partial charge in [0.25, 0.3) is 0 Å². The quantitative estimate of drug-likeness (QED) is 0.438. The topological polar surface area (TPSA) is 66.9 Å². The van der Waals surface area contributed by atoms with Gasteiger partial charge in [-0.05, 0) is 74.1 Å². The van der Waals surface area contributed by atoms with Crippen molar-refractivity contribution in [2.45, 2.75) is 32.2 Å². The Morgan fingerprint density at radius 3 is 2.03 bits per heavy atom. The maximum Gasteiger partial charge on any atom is 0.246 e. The molecule has 7 heteroatoms. The first kappa shape index (κ1) is 24.8. The molecule has 0 N–H and O–H groups in total. The molecule has 0 bridgehead atoms. The number of para-hydroxylation sites is 1. The Hall–Kier alpha value is -3.32. The first-order valence-electron chi connectivity index (χ1n) is 12.0. The van der Waals surface area contributed by atoms with Gasteiger partial charge in [0.15, 0.2) is 0 Å². The Bertz CT molecular complexity index is 1210. The van der Waals surface area contributed by atoms with E-state index in [1.54, 1.807) is 36.1 Å². The van der Waals surface area contributed by atoms with Gasteiger partial charge in [-0.25, -0.2) is 8.42 Å². The van der Waals surface area contributed by atoms with Gasteiger partial charge < -0.3 is 9.64 Å². The zero-order chi connectivity index (χ0) is 24.8. The minimum Gasteiger partial charge on any atom is -0.457 e. The van der Waals surface area contributed by atoms with Crippen molar-refractivity contribution < 1.29 is 17.9 Å². The molecular weight excluding hydrogens is 460 g/mol. The van der Waals surface area contributed by atoms with Crippen LogP contribution in [0.1, 0.15) is 25.3 Å². The van der Waals surface area contributed by atoms with Gasteiger partial charge in [0, 0.05) is 13.1 Å². The largest absolute Gasteiger partial charge is 0.457 e. The van der Waals surface area contributed by atoms with Crippen molar-refractivity contribution in [3.05, 3.63) is 90.5 Å². The second-order valence-electron chi connectivity index (χ2n) is 9.10. The Kier molecular flexibility index (Phi) is 7.76. The summed E-state index contributed by atoms with van der Waals surface area (Å²) in [5, 5.41) is 0. The number of ether oxygens (including phenoxy) is 1. The summed E-state index contributed by atoms with van der Waals surface area (Å²) in [6.45, 7) is 2.94. The lowest BCUT2D eigenvalue weighted by Crippen LogP contribution is -2.51. The molecule has 1 fully saturated rings. The SMILES string of the molecule is C[C@@H](C(=O)N1CCC(Cc2ccccc2)CC1)N(c1ccc(Oc2ccccc2)cc1)S(C)(=O)=O. The molecule has 6 nitrogen and oxygen atoms in total. The highest BCUT2D eigenvalue weighted by Gasteiger charge is 2.33. The molecule has 184 valence electrons. The predicted octanol–water partition coefficient (Wildman–Crippen LogP) is 5.11. The fourth-order valence-corrected chi connectivity index (χ4v) is 5.83. The van der Waals surface area contributed by atoms with Crippen molar-refractivity contribution in [1.29, 1.82) is 0 Å². The van der Waals surface area contributed by atoms with Gasteiger partial charge in [0.05, 0.1) is 11.9 Å². The maximum absolute atomic E-state index is 13.3. The van der Waals surface area contributed by atoms with Gasteiger partial charge in [-0.3, -0.25) is 9.10 Å². The molecule has 0 saturated carbocycles. The molecule has 1 saturated heterocycles. The summed E-state index contributed by atoms with van der Waals surface area (Å²) in [5.41, 5.74) is 1.75. The highest BCUT2D eigenvalue weighted by atomic mass is 32.2. The van der Waals surface area contributed by atoms with Gasteiger partial charge in [-0.15, -0.1) is 0 Å². The molecule has 0 aromatic heterocycles. The van der Waals surface area contributed by atoms with Crippen LogP contribution in [-0.2, 0) is 21.2 Å². The molecule has 1 atom stereocenters. The summed E-state index contributed by atoms with van der Waals surface area (Å²) >= 11 is 0. The van der Waals surface area contributed by atoms with E-state index >= 15 is 0 Å². The smallest absolute Gasteiger partial charge is 0.246 e. The Morgan fingerprint density at radius 2 is 1.46 bits per heavy atom. The lowest BCUT2D eigenvalue weighted by atomic mass is 9.90. The van der Waals surface area contributed by atoms with Gasteiger partial charge in [-0.1, -0.05) is 48.5 Å². The molecule has 0 unspecified atom stereocenters. The first-order valence-corrected chi connectivity index (χ1v) is 13.8. The van der Waals surface area contributed by atoms with Crippen molar-refractivity contribution >= 4 is 21.6 Å². The number of anilines is 1. The Morgan fingerprint density at radius 1 is 0.914 bits per heavy atom. The van der Waals surface area contributed by atoms with E-state index in [0.29, 0.717) is 36.2 Å². The molecule has 0 spiro atoms. The minimum absolute atomic E-state index is 0.168. The van der Waals surface area contributed by atoms with Crippen LogP contribution in [0.15, 0.2) is 84.9 Å². The van der Waals surface area contributed by atoms with E-state index in [1.807, 2.05) is 36.4 Å². The van der Waals surface area contributed by atoms with Crippen LogP contribution >= 0.6 is 0 Å². The molecule has 0 radical (unpaired) electrons. The Balaban J connectivity index is 1.41. The standard InChI is InChI=1S/C28H32N2O4S/c1-22(28(31)29-19-17-24(18-20-29)21-23-9-5-3-6-10-23)30(35(2,32)33)25-13-15-27(16-14-25)34-26-11-7-4-8-12-26/h3-16,22,24H,17-21H2,1-2H3/t22-/m0/s1. The summed E-state index contributed by atoms with van der Waals surface area (Å²) in [4.78, 5) is 15.1. The van der Waals surface area contributed by atoms with E-state index in [2.05, 4.69) is 24.3 Å². The molecule has 0 aliphatic carbocycles. The van der Waals surface area contributed by atoms with Crippen molar-refractivity contribution in [3.63, 3.8) is 0 Å². The van der Waals surface area contributed by atoms with Crippen molar-refractivity contribution in [2.24, 2.45) is 5.92 Å². The van der Waals surface area contributed by atoms with E-state index in [0.717, 1.165) is 25.5 Å². The number of rotatable bonds is 8. The lowest BCUT2D eigenvalue weighted by molar-refractivity contribution is -0.133. The van der Waals surface area contributed by atoms with Gasteiger partial charge in [0.1, 0.15) is 17.5 Å². The normalized spacial score (nSPS) is 15.4. The van der Waals surface area contributed by atoms with E-state index in [9.17, 15) is 13.2 Å². The number of hydrogen-bond acceptors (Lipinski definition) is 4. The Labute approximate surface area is 208 Å². The molecule has 3 aromatic rings. The molecule has 1 amide bonds. The summed E-state index contributed by atoms with van der Waals surface area (Å²) < 4.78 is 32.4. The van der Waals surface area contributed by atoms with Crippen LogP contribution in [0, 0.1) is 5.92 Å². The fraction of sp³-hybridized carbons (Fsp3) is 0.321. The first-order chi connectivity index (χ1) is 16.8. The van der Waals surface area contributed by atoms with E-state index in [4.69, 9.17) is 4.74 Å². The number of benzene rings is 3. The van der Waals surface area contributed by atoms with E-state index in [1.165, 1.54) is 9.87 Å². The highest BCUT2D eigenvalue weighted by Crippen LogP contribution is 2.28. The van der Waals surface area contributed by atoms with Crippen LogP contribution in [-0.4, -0.2) is 44.6 Å². The summed E-state index contributed by atoms with van der Waals surface area (Å²) in [5.74, 6) is 1.64. The van der Waals surface area contributed by atoms with Crippen molar-refractivity contribution in [2.75, 3.05) is 23.7 Å². The third-order valence-corrected chi connectivity index (χ3v) is 7.67. The number of nitrogens with zero attached hydrogens (tertiary/aromatic N) is 2. The molecule has 1 aliphatic heterocycles. The van der Waals surface area contributed by atoms with Crippen LogP contribution < -0.4 is 9.04 Å². The second-order valence-corrected chi connectivity index (χ2v) is 11.0. The molecule has 4 rings (SSSR count). The van der Waals surface area contributed by atoms with Crippen LogP contribution in [0.4, 0.5) is 5.69 Å². The van der Waals surface area contributed by atoms with Crippen LogP contribution in [0.3, 0.4) is 0 Å². The average Bonchev–Trinajstić information content (AvgIpc) is 2.86. The third-order valence-electron chi connectivity index (χ3n) is 6.43. The second kappa shape index (κ2) is 11.0. The highest BCUT2D eigenvalue weighted by molar-refractivity contribution is 7.92. The molecule has 1 aliphatic rings. The number of carbonyl (C=O) groups is 1. The van der Waals surface area contributed by atoms with Crippen LogP contribution in [0.25, 0.3) is 0 Å². The summed E-state index contributed by atoms with van der Waals surface area (Å²) in [6, 6.07) is 25.7. The number of likely N-dealkylation sites (tertiary alicyclic amines) is 1. The van der Waals surface area contributed by atoms with Crippen LogP contribution in [0.5, 0.6) is 11.5 Å². The molecular formula is C28H32N2O4S. The van der Waals surface area contributed by atoms with Crippen LogP contribution in [0.2, 0.25) is 0 Å². The average molecular weight is 493 g/mol. The third kappa shape index (κ3) is 6.42. The number of carbonyl (C=O) groups excluding carboxylic acids is 1. The number of piperidine rings is 1. The zero-order valence-corrected chi connectivity index (χ0v) is 21.0. The number of sulfonamides is 1. The maximum atomic E-state index is 13.3. The molecule has 35 heavy (non-hydrogen) atoms. The van der Waals surface area contributed by atoms with E-state index in [-0.39, 0.29) is 5.91 Å². The lowest BCUT2D eigenvalue weighted by Gasteiger charge is -2.36. The van der Waals surface area contributed by atoms with Crippen molar-refractivity contribution in [1.82, 2.24) is 4.90 Å². The monoisotopic (exact) mass is 492 g/mol.